The van der Waals surface area contributed by atoms with E-state index in [4.69, 9.17) is 5.11 Å². The molecule has 0 aliphatic carbocycles. The van der Waals surface area contributed by atoms with Gasteiger partial charge in [0.15, 0.2) is 5.60 Å². The summed E-state index contributed by atoms with van der Waals surface area (Å²) < 4.78 is 26.6. The Kier molecular flexibility index (Phi) is 3.95. The van der Waals surface area contributed by atoms with Crippen molar-refractivity contribution in [3.63, 3.8) is 0 Å². The van der Waals surface area contributed by atoms with Gasteiger partial charge in [-0.3, -0.25) is 4.98 Å². The summed E-state index contributed by atoms with van der Waals surface area (Å²) in [6, 6.07) is 7.81. The number of rotatable bonds is 5. The highest BCUT2D eigenvalue weighted by Crippen LogP contribution is 2.21. The molecule has 1 atom stereocenters. The van der Waals surface area contributed by atoms with E-state index in [1.807, 2.05) is 0 Å². The van der Waals surface area contributed by atoms with Crippen molar-refractivity contribution in [2.75, 3.05) is 6.54 Å². The van der Waals surface area contributed by atoms with Gasteiger partial charge >= 0.3 is 5.97 Å². The normalized spacial score (nSPS) is 14.8. The summed E-state index contributed by atoms with van der Waals surface area (Å²) in [4.78, 5) is 14.8. The Bertz CT molecular complexity index is 781. The Morgan fingerprint density at radius 3 is 2.71 bits per heavy atom. The van der Waals surface area contributed by atoms with E-state index in [1.54, 1.807) is 30.5 Å². The van der Waals surface area contributed by atoms with Gasteiger partial charge in [0.05, 0.1) is 17.0 Å². The molecular weight excluding hydrogens is 296 g/mol. The molecule has 2 aromatic rings. The average molecular weight is 310 g/mol. The van der Waals surface area contributed by atoms with E-state index < -0.39 is 28.1 Å². The van der Waals surface area contributed by atoms with Gasteiger partial charge in [0.25, 0.3) is 0 Å². The second kappa shape index (κ2) is 5.40. The number of carboxylic acid groups (broad SMARTS) is 1. The van der Waals surface area contributed by atoms with Crippen LogP contribution >= 0.6 is 0 Å². The summed E-state index contributed by atoms with van der Waals surface area (Å²) in [5.74, 6) is -1.51. The van der Waals surface area contributed by atoms with E-state index >= 15 is 0 Å². The number of aliphatic hydroxyl groups is 1. The molecule has 8 heteroatoms. The minimum atomic E-state index is -3.97. The predicted molar refractivity (Wildman–Crippen MR) is 75.2 cm³/mol. The molecule has 1 heterocycles. The van der Waals surface area contributed by atoms with Crippen LogP contribution in [0, 0.1) is 0 Å². The fraction of sp³-hybridized carbons (Fsp3) is 0.231. The predicted octanol–water partition coefficient (Wildman–Crippen LogP) is 0.349. The lowest BCUT2D eigenvalue weighted by molar-refractivity contribution is -0.155. The Morgan fingerprint density at radius 1 is 1.33 bits per heavy atom. The van der Waals surface area contributed by atoms with Crippen molar-refractivity contribution < 1.29 is 23.4 Å². The lowest BCUT2D eigenvalue weighted by Gasteiger charge is -2.18. The number of nitrogens with one attached hydrogen (secondary N) is 1. The molecule has 0 aliphatic rings. The van der Waals surface area contributed by atoms with E-state index in [2.05, 4.69) is 9.71 Å². The summed E-state index contributed by atoms with van der Waals surface area (Å²) in [6.45, 7) is 0.379. The monoisotopic (exact) mass is 310 g/mol. The number of sulfonamides is 1. The van der Waals surface area contributed by atoms with Crippen molar-refractivity contribution in [3.8, 4) is 0 Å². The van der Waals surface area contributed by atoms with Crippen molar-refractivity contribution in [1.29, 1.82) is 0 Å². The molecule has 7 nitrogen and oxygen atoms in total. The van der Waals surface area contributed by atoms with E-state index in [9.17, 15) is 18.3 Å². The highest BCUT2D eigenvalue weighted by atomic mass is 32.2. The average Bonchev–Trinajstić information content (AvgIpc) is 2.44. The van der Waals surface area contributed by atoms with Crippen LogP contribution in [0.2, 0.25) is 0 Å². The molecule has 0 saturated carbocycles. The first-order valence-corrected chi connectivity index (χ1v) is 7.51. The van der Waals surface area contributed by atoms with Crippen LogP contribution in [0.3, 0.4) is 0 Å². The third-order valence-electron chi connectivity index (χ3n) is 2.96. The highest BCUT2D eigenvalue weighted by Gasteiger charge is 2.32. The number of aromatic nitrogens is 1. The summed E-state index contributed by atoms with van der Waals surface area (Å²) in [5.41, 5.74) is -1.68. The van der Waals surface area contributed by atoms with Gasteiger partial charge in [-0.15, -0.1) is 0 Å². The zero-order chi connectivity index (χ0) is 15.7. The molecule has 2 rings (SSSR count). The molecule has 21 heavy (non-hydrogen) atoms. The Balaban J connectivity index is 2.37. The molecule has 0 aliphatic heterocycles. The maximum Gasteiger partial charge on any atom is 0.336 e. The van der Waals surface area contributed by atoms with Crippen molar-refractivity contribution in [2.24, 2.45) is 0 Å². The Labute approximate surface area is 121 Å². The molecule has 112 valence electrons. The van der Waals surface area contributed by atoms with Crippen LogP contribution in [0.25, 0.3) is 10.9 Å². The number of benzene rings is 1. The SMILES string of the molecule is CC(O)(CNS(=O)(=O)c1cccc2ncccc12)C(=O)O. The van der Waals surface area contributed by atoms with E-state index in [0.717, 1.165) is 6.92 Å². The molecule has 0 bridgehead atoms. The number of carbonyl (C=O) groups is 1. The molecule has 0 amide bonds. The summed E-state index contributed by atoms with van der Waals surface area (Å²) in [5, 5.41) is 18.8. The quantitative estimate of drug-likeness (QED) is 0.733. The minimum absolute atomic E-state index is 0.0192. The largest absolute Gasteiger partial charge is 0.479 e. The van der Waals surface area contributed by atoms with Gasteiger partial charge in [0, 0.05) is 11.6 Å². The first kappa shape index (κ1) is 15.4. The first-order valence-electron chi connectivity index (χ1n) is 6.03. The Hall–Kier alpha value is -2.03. The molecule has 0 radical (unpaired) electrons. The van der Waals surface area contributed by atoms with Gasteiger partial charge < -0.3 is 10.2 Å². The molecule has 0 saturated heterocycles. The van der Waals surface area contributed by atoms with E-state index in [-0.39, 0.29) is 4.90 Å². The van der Waals surface area contributed by atoms with Gasteiger partial charge in [-0.25, -0.2) is 17.9 Å². The third-order valence-corrected chi connectivity index (χ3v) is 4.42. The number of nitrogens with zero attached hydrogens (tertiary/aromatic N) is 1. The second-order valence-corrected chi connectivity index (χ2v) is 6.47. The molecule has 3 N–H and O–H groups in total. The number of carboxylic acids is 1. The van der Waals surface area contributed by atoms with Crippen molar-refractivity contribution >= 4 is 26.9 Å². The second-order valence-electron chi connectivity index (χ2n) is 4.73. The van der Waals surface area contributed by atoms with Gasteiger partial charge in [-0.2, -0.15) is 0 Å². The zero-order valence-corrected chi connectivity index (χ0v) is 12.0. The molecule has 1 unspecified atom stereocenters. The van der Waals surface area contributed by atoms with Crippen molar-refractivity contribution in [3.05, 3.63) is 36.5 Å². The Morgan fingerprint density at radius 2 is 2.05 bits per heavy atom. The number of aliphatic carboxylic acids is 1. The van der Waals surface area contributed by atoms with Crippen molar-refractivity contribution in [1.82, 2.24) is 9.71 Å². The summed E-state index contributed by atoms with van der Waals surface area (Å²) >= 11 is 0. The highest BCUT2D eigenvalue weighted by molar-refractivity contribution is 7.89. The first-order chi connectivity index (χ1) is 9.74. The van der Waals surface area contributed by atoms with Crippen LogP contribution in [-0.2, 0) is 14.8 Å². The zero-order valence-electron chi connectivity index (χ0n) is 11.1. The number of pyridine rings is 1. The van der Waals surface area contributed by atoms with Crippen molar-refractivity contribution in [2.45, 2.75) is 17.4 Å². The molecule has 1 aromatic heterocycles. The fourth-order valence-corrected chi connectivity index (χ4v) is 3.04. The number of hydrogen-bond donors (Lipinski definition) is 3. The molecular formula is C13H14N2O5S. The third kappa shape index (κ3) is 3.18. The number of fused-ring (bicyclic) bond motifs is 1. The van der Waals surface area contributed by atoms with Crippen LogP contribution in [-0.4, -0.2) is 41.7 Å². The summed E-state index contributed by atoms with van der Waals surface area (Å²) in [7, 11) is -3.97. The maximum absolute atomic E-state index is 12.3. The smallest absolute Gasteiger partial charge is 0.336 e. The van der Waals surface area contributed by atoms with Gasteiger partial charge in [0.2, 0.25) is 10.0 Å². The molecule has 0 fully saturated rings. The summed E-state index contributed by atoms with van der Waals surface area (Å²) in [6.07, 6.45) is 1.54. The lowest BCUT2D eigenvalue weighted by Crippen LogP contribution is -2.46. The molecule has 0 spiro atoms. The maximum atomic E-state index is 12.3. The lowest BCUT2D eigenvalue weighted by atomic mass is 10.1. The molecule has 1 aromatic carbocycles. The van der Waals surface area contributed by atoms with E-state index in [0.29, 0.717) is 10.9 Å². The number of hydrogen-bond acceptors (Lipinski definition) is 5. The van der Waals surface area contributed by atoms with Gasteiger partial charge in [0.1, 0.15) is 0 Å². The topological polar surface area (TPSA) is 117 Å². The van der Waals surface area contributed by atoms with Gasteiger partial charge in [-0.05, 0) is 31.2 Å². The van der Waals surface area contributed by atoms with Gasteiger partial charge in [-0.1, -0.05) is 6.07 Å². The minimum Gasteiger partial charge on any atom is -0.479 e. The van der Waals surface area contributed by atoms with Crippen LogP contribution in [0.15, 0.2) is 41.4 Å². The standard InChI is InChI=1S/C13H14N2O5S/c1-13(18,12(16)17)8-15-21(19,20)11-6-2-5-10-9(11)4-3-7-14-10/h2-7,15,18H,8H2,1H3,(H,16,17). The van der Waals surface area contributed by atoms with Crippen LogP contribution < -0.4 is 4.72 Å². The van der Waals surface area contributed by atoms with Crippen LogP contribution in [0.5, 0.6) is 0 Å². The van der Waals surface area contributed by atoms with E-state index in [1.165, 1.54) is 6.07 Å². The van der Waals surface area contributed by atoms with Crippen LogP contribution in [0.1, 0.15) is 6.92 Å². The fourth-order valence-electron chi connectivity index (χ4n) is 1.70. The van der Waals surface area contributed by atoms with Crippen LogP contribution in [0.4, 0.5) is 0 Å².